The first-order chi connectivity index (χ1) is 13.0. The van der Waals surface area contributed by atoms with Crippen LogP contribution in [0.3, 0.4) is 0 Å². The average Bonchev–Trinajstić information content (AvgIpc) is 2.68. The van der Waals surface area contributed by atoms with Crippen molar-refractivity contribution in [3.8, 4) is 5.75 Å². The van der Waals surface area contributed by atoms with Gasteiger partial charge in [0.05, 0.1) is 11.1 Å². The molecule has 3 N–H and O–H groups in total. The fraction of sp³-hybridized carbons (Fsp3) is 0.368. The van der Waals surface area contributed by atoms with E-state index in [-0.39, 0.29) is 0 Å². The van der Waals surface area contributed by atoms with E-state index in [0.29, 0.717) is 0 Å². The van der Waals surface area contributed by atoms with E-state index in [9.17, 15) is 0 Å². The third-order valence-corrected chi connectivity index (χ3v) is 4.91. The number of ether oxygens (including phenoxy) is 1. The van der Waals surface area contributed by atoms with Gasteiger partial charge >= 0.3 is 11.9 Å². The van der Waals surface area contributed by atoms with Crippen molar-refractivity contribution in [1.82, 2.24) is 10.2 Å². The molecule has 0 atom stereocenters. The molecule has 1 aliphatic heterocycles. The first-order valence-electron chi connectivity index (χ1n) is 8.68. The van der Waals surface area contributed by atoms with Crippen LogP contribution in [0.4, 0.5) is 0 Å². The monoisotopic (exact) mass is 438 g/mol. The molecule has 8 heteroatoms. The zero-order chi connectivity index (χ0) is 19.6. The van der Waals surface area contributed by atoms with Gasteiger partial charge in [-0.05, 0) is 39.2 Å². The van der Waals surface area contributed by atoms with Gasteiger partial charge in [0.1, 0.15) is 5.75 Å². The van der Waals surface area contributed by atoms with Gasteiger partial charge in [0.2, 0.25) is 0 Å². The number of nitrogens with one attached hydrogen (secondary N) is 1. The van der Waals surface area contributed by atoms with Crippen molar-refractivity contribution in [2.75, 3.05) is 39.3 Å². The minimum atomic E-state index is -1.82. The van der Waals surface area contributed by atoms with Crippen LogP contribution in [-0.4, -0.2) is 66.4 Å². The molecule has 27 heavy (non-hydrogen) atoms. The van der Waals surface area contributed by atoms with Crippen molar-refractivity contribution in [3.63, 3.8) is 0 Å². The van der Waals surface area contributed by atoms with E-state index >= 15 is 0 Å². The van der Waals surface area contributed by atoms with Crippen LogP contribution in [0.5, 0.6) is 5.75 Å². The van der Waals surface area contributed by atoms with Gasteiger partial charge in [-0.15, -0.1) is 0 Å². The minimum Gasteiger partial charge on any atom is -0.492 e. The van der Waals surface area contributed by atoms with E-state index in [0.717, 1.165) is 56.0 Å². The lowest BCUT2D eigenvalue weighted by Crippen LogP contribution is -2.43. The number of carboxylic acid groups (broad SMARTS) is 2. The van der Waals surface area contributed by atoms with Gasteiger partial charge in [0.15, 0.2) is 0 Å². The number of piperazine rings is 1. The van der Waals surface area contributed by atoms with E-state index in [2.05, 4.69) is 62.5 Å². The van der Waals surface area contributed by atoms with Gasteiger partial charge in [0.25, 0.3) is 0 Å². The summed E-state index contributed by atoms with van der Waals surface area (Å²) in [5.41, 5.74) is 0. The molecule has 0 saturated carbocycles. The molecule has 0 amide bonds. The minimum absolute atomic E-state index is 0.765. The highest BCUT2D eigenvalue weighted by molar-refractivity contribution is 9.10. The van der Waals surface area contributed by atoms with Gasteiger partial charge in [-0.1, -0.05) is 30.3 Å². The Balaban J connectivity index is 0.000000380. The molecule has 1 fully saturated rings. The number of hydrogen-bond acceptors (Lipinski definition) is 5. The predicted octanol–water partition coefficient (Wildman–Crippen LogP) is 2.43. The standard InChI is InChI=1S/C17H21BrN2O.C2H2O4/c18-17-15-5-2-1-4-14(15)6-7-16(17)21-13-3-10-20-11-8-19-9-12-20;3-1(4)2(5)6/h1-2,4-7,19H,3,8-13H2;(H,3,4)(H,5,6). The maximum absolute atomic E-state index is 9.10. The number of benzene rings is 2. The summed E-state index contributed by atoms with van der Waals surface area (Å²) in [5, 5.41) is 20.6. The molecular formula is C19H23BrN2O5. The molecule has 0 radical (unpaired) electrons. The average molecular weight is 439 g/mol. The van der Waals surface area contributed by atoms with Crippen molar-refractivity contribution >= 4 is 38.6 Å². The summed E-state index contributed by atoms with van der Waals surface area (Å²) >= 11 is 3.67. The number of fused-ring (bicyclic) bond motifs is 1. The largest absolute Gasteiger partial charge is 0.492 e. The highest BCUT2D eigenvalue weighted by atomic mass is 79.9. The molecule has 2 aromatic rings. The van der Waals surface area contributed by atoms with Crippen molar-refractivity contribution in [2.45, 2.75) is 6.42 Å². The SMILES string of the molecule is Brc1c(OCCCN2CCNCC2)ccc2ccccc12.O=C(O)C(=O)O. The van der Waals surface area contributed by atoms with Gasteiger partial charge in [0, 0.05) is 32.7 Å². The van der Waals surface area contributed by atoms with Crippen LogP contribution in [0.25, 0.3) is 10.8 Å². The molecule has 146 valence electrons. The summed E-state index contributed by atoms with van der Waals surface area (Å²) in [6, 6.07) is 12.5. The van der Waals surface area contributed by atoms with Crippen LogP contribution in [0, 0.1) is 0 Å². The Kier molecular flexibility index (Phi) is 8.50. The normalized spacial score (nSPS) is 14.3. The Hall–Kier alpha value is -2.16. The Labute approximate surface area is 166 Å². The van der Waals surface area contributed by atoms with E-state index in [1.54, 1.807) is 0 Å². The van der Waals surface area contributed by atoms with Gasteiger partial charge in [-0.25, -0.2) is 9.59 Å². The fourth-order valence-electron chi connectivity index (χ4n) is 2.73. The zero-order valence-corrected chi connectivity index (χ0v) is 16.4. The van der Waals surface area contributed by atoms with Crippen molar-refractivity contribution in [1.29, 1.82) is 0 Å². The lowest BCUT2D eigenvalue weighted by molar-refractivity contribution is -0.159. The van der Waals surface area contributed by atoms with Gasteiger partial charge in [-0.3, -0.25) is 0 Å². The molecule has 3 rings (SSSR count). The maximum Gasteiger partial charge on any atom is 0.414 e. The van der Waals surface area contributed by atoms with E-state index < -0.39 is 11.9 Å². The number of nitrogens with zero attached hydrogens (tertiary/aromatic N) is 1. The summed E-state index contributed by atoms with van der Waals surface area (Å²) in [6.45, 7) is 6.40. The number of rotatable bonds is 5. The van der Waals surface area contributed by atoms with E-state index in [1.807, 2.05) is 0 Å². The lowest BCUT2D eigenvalue weighted by atomic mass is 10.1. The van der Waals surface area contributed by atoms with Crippen LogP contribution in [0.2, 0.25) is 0 Å². The number of carbonyl (C=O) groups is 2. The molecule has 2 aromatic carbocycles. The molecule has 1 aliphatic rings. The van der Waals surface area contributed by atoms with E-state index in [4.69, 9.17) is 24.5 Å². The second-order valence-corrected chi connectivity index (χ2v) is 6.80. The molecule has 0 aliphatic carbocycles. The van der Waals surface area contributed by atoms with Crippen LogP contribution in [-0.2, 0) is 9.59 Å². The summed E-state index contributed by atoms with van der Waals surface area (Å²) < 4.78 is 7.00. The Morgan fingerprint density at radius 2 is 1.74 bits per heavy atom. The molecule has 1 saturated heterocycles. The topological polar surface area (TPSA) is 99.1 Å². The van der Waals surface area contributed by atoms with Crippen LogP contribution < -0.4 is 10.1 Å². The van der Waals surface area contributed by atoms with Crippen LogP contribution >= 0.6 is 15.9 Å². The first kappa shape index (κ1) is 21.1. The Morgan fingerprint density at radius 3 is 2.41 bits per heavy atom. The third-order valence-electron chi connectivity index (χ3n) is 4.10. The zero-order valence-electron chi connectivity index (χ0n) is 14.9. The summed E-state index contributed by atoms with van der Waals surface area (Å²) in [5.74, 6) is -2.71. The van der Waals surface area contributed by atoms with Crippen molar-refractivity contribution in [2.24, 2.45) is 0 Å². The number of hydrogen-bond donors (Lipinski definition) is 3. The number of carboxylic acids is 2. The molecule has 0 unspecified atom stereocenters. The van der Waals surface area contributed by atoms with E-state index in [1.165, 1.54) is 10.8 Å². The van der Waals surface area contributed by atoms with Gasteiger partial charge < -0.3 is 25.2 Å². The summed E-state index contributed by atoms with van der Waals surface area (Å²) in [6.07, 6.45) is 1.07. The highest BCUT2D eigenvalue weighted by Crippen LogP contribution is 2.33. The van der Waals surface area contributed by atoms with Crippen LogP contribution in [0.1, 0.15) is 6.42 Å². The fourth-order valence-corrected chi connectivity index (χ4v) is 3.34. The second kappa shape index (κ2) is 10.9. The quantitative estimate of drug-likeness (QED) is 0.486. The number of halogens is 1. The lowest BCUT2D eigenvalue weighted by Gasteiger charge is -2.27. The third kappa shape index (κ3) is 6.82. The Bertz CT molecular complexity index is 766. The molecule has 7 nitrogen and oxygen atoms in total. The summed E-state index contributed by atoms with van der Waals surface area (Å²) in [4.78, 5) is 20.7. The first-order valence-corrected chi connectivity index (χ1v) is 9.47. The smallest absolute Gasteiger partial charge is 0.414 e. The molecule has 0 spiro atoms. The Morgan fingerprint density at radius 1 is 1.07 bits per heavy atom. The molecular weight excluding hydrogens is 416 g/mol. The highest BCUT2D eigenvalue weighted by Gasteiger charge is 2.09. The molecule has 0 bridgehead atoms. The maximum atomic E-state index is 9.10. The number of aliphatic carboxylic acids is 2. The van der Waals surface area contributed by atoms with Crippen molar-refractivity contribution in [3.05, 3.63) is 40.9 Å². The van der Waals surface area contributed by atoms with Gasteiger partial charge in [-0.2, -0.15) is 0 Å². The van der Waals surface area contributed by atoms with Crippen molar-refractivity contribution < 1.29 is 24.5 Å². The predicted molar refractivity (Wildman–Crippen MR) is 106 cm³/mol. The second-order valence-electron chi connectivity index (χ2n) is 6.00. The summed E-state index contributed by atoms with van der Waals surface area (Å²) in [7, 11) is 0. The molecule has 1 heterocycles. The molecule has 0 aromatic heterocycles. The van der Waals surface area contributed by atoms with Crippen LogP contribution in [0.15, 0.2) is 40.9 Å².